The molecular weight excluding hydrogens is 940 g/mol. The number of aromatic nitrogens is 3. The van der Waals surface area contributed by atoms with Crippen molar-refractivity contribution < 1.29 is 51.7 Å². The summed E-state index contributed by atoms with van der Waals surface area (Å²) in [4.78, 5) is 84.5. The standard InChI is InChI=1S/C50H70F3N11O8/c1-30(2)62(3)35-12-14-41(64-19-15-39(49(64)70)60-46-36-24-33(50(51,52)53)9-13-38(36)57-29-58-46)40(25-35)61-47(68)31-7-10-34(11-8-31)59-42(65)16-20-71-22-23-72-21-18-55-43(66)28-56-48(69)37-26-44(67)63(4)45(37)32-6-5-17-54-27-32/h5-6,9,13,17,24,27,29-31,34-35,37,39-41,44-45,67H,7-8,10-12,14-16,18-23,25-26,28H2,1-4H3,(H,55,66)(H,56,69)(H,59,65)(H,61,68)(H,57,58,60)/t31-,34+,35-,37+,39+,40-,41+,44?,45-/m1/s1. The summed E-state index contributed by atoms with van der Waals surface area (Å²) >= 11 is 0. The third kappa shape index (κ3) is 13.9. The second kappa shape index (κ2) is 24.9. The number of halogens is 3. The van der Waals surface area contributed by atoms with Gasteiger partial charge in [-0.15, -0.1) is 0 Å². The average Bonchev–Trinajstić information content (AvgIpc) is 3.88. The average molecular weight is 1010 g/mol. The van der Waals surface area contributed by atoms with Crippen molar-refractivity contribution in [2.75, 3.05) is 65.5 Å². The summed E-state index contributed by atoms with van der Waals surface area (Å²) in [5, 5.41) is 25.5. The lowest BCUT2D eigenvalue weighted by Crippen LogP contribution is -2.59. The minimum Gasteiger partial charge on any atom is -0.379 e. The number of nitrogens with one attached hydrogen (secondary N) is 5. The minimum atomic E-state index is -4.55. The first-order chi connectivity index (χ1) is 34.5. The van der Waals surface area contributed by atoms with E-state index in [4.69, 9.17) is 9.47 Å². The van der Waals surface area contributed by atoms with E-state index in [0.29, 0.717) is 57.0 Å². The number of pyridine rings is 1. The van der Waals surface area contributed by atoms with E-state index < -0.39 is 29.9 Å². The molecule has 72 heavy (non-hydrogen) atoms. The number of rotatable bonds is 21. The van der Waals surface area contributed by atoms with Crippen molar-refractivity contribution >= 4 is 46.3 Å². The van der Waals surface area contributed by atoms with Gasteiger partial charge in [-0.1, -0.05) is 6.07 Å². The Labute approximate surface area is 418 Å². The molecule has 4 heterocycles. The number of hydrogen-bond acceptors (Lipinski definition) is 14. The molecule has 4 aliphatic rings. The molecule has 7 atom stereocenters. The number of nitrogens with zero attached hydrogens (tertiary/aromatic N) is 6. The van der Waals surface area contributed by atoms with Crippen LogP contribution in [0.4, 0.5) is 19.0 Å². The number of amides is 5. The fourth-order valence-corrected chi connectivity index (χ4v) is 10.6. The van der Waals surface area contributed by atoms with E-state index >= 15 is 0 Å². The Morgan fingerprint density at radius 3 is 2.39 bits per heavy atom. The highest BCUT2D eigenvalue weighted by atomic mass is 19.4. The van der Waals surface area contributed by atoms with Gasteiger partial charge in [-0.3, -0.25) is 33.9 Å². The highest BCUT2D eigenvalue weighted by Gasteiger charge is 2.45. The molecule has 2 saturated carbocycles. The Morgan fingerprint density at radius 2 is 1.67 bits per heavy atom. The maximum atomic E-state index is 14.1. The molecule has 2 aromatic heterocycles. The third-order valence-electron chi connectivity index (χ3n) is 14.8. The van der Waals surface area contributed by atoms with Crippen LogP contribution in [0, 0.1) is 11.8 Å². The van der Waals surface area contributed by atoms with Crippen LogP contribution < -0.4 is 26.6 Å². The molecule has 7 rings (SSSR count). The molecule has 0 spiro atoms. The van der Waals surface area contributed by atoms with E-state index in [0.717, 1.165) is 24.1 Å². The largest absolute Gasteiger partial charge is 0.416 e. The normalized spacial score (nSPS) is 26.0. The fourth-order valence-electron chi connectivity index (χ4n) is 10.6. The molecular formula is C50H70F3N11O8. The van der Waals surface area contributed by atoms with E-state index in [2.05, 4.69) is 67.3 Å². The van der Waals surface area contributed by atoms with Crippen molar-refractivity contribution in [1.82, 2.24) is 50.9 Å². The maximum absolute atomic E-state index is 14.1. The lowest BCUT2D eigenvalue weighted by molar-refractivity contribution is -0.137. The zero-order valence-corrected chi connectivity index (χ0v) is 41.5. The highest BCUT2D eigenvalue weighted by molar-refractivity contribution is 5.93. The molecule has 1 unspecified atom stereocenters. The van der Waals surface area contributed by atoms with Crippen LogP contribution in [0.25, 0.3) is 10.9 Å². The predicted octanol–water partition coefficient (Wildman–Crippen LogP) is 3.14. The zero-order chi connectivity index (χ0) is 51.5. The summed E-state index contributed by atoms with van der Waals surface area (Å²) in [5.41, 5.74) is 0.304. The summed E-state index contributed by atoms with van der Waals surface area (Å²) in [7, 11) is 3.82. The van der Waals surface area contributed by atoms with E-state index in [1.54, 1.807) is 30.4 Å². The lowest BCUT2D eigenvalue weighted by atomic mass is 9.82. The molecule has 4 fully saturated rings. The summed E-state index contributed by atoms with van der Waals surface area (Å²) in [6, 6.07) is 5.66. The summed E-state index contributed by atoms with van der Waals surface area (Å²) in [5.74, 6) is -1.72. The Morgan fingerprint density at radius 1 is 0.903 bits per heavy atom. The van der Waals surface area contributed by atoms with Gasteiger partial charge in [-0.05, 0) is 109 Å². The predicted molar refractivity (Wildman–Crippen MR) is 260 cm³/mol. The van der Waals surface area contributed by atoms with Crippen LogP contribution in [0.15, 0.2) is 49.1 Å². The molecule has 2 aliphatic heterocycles. The molecule has 2 saturated heterocycles. The number of hydrogen-bond donors (Lipinski definition) is 6. The molecule has 5 amide bonds. The number of benzene rings is 1. The number of anilines is 1. The number of aliphatic hydroxyl groups is 1. The second-order valence-electron chi connectivity index (χ2n) is 19.8. The fraction of sp³-hybridized carbons (Fsp3) is 0.640. The lowest BCUT2D eigenvalue weighted by Gasteiger charge is -2.45. The molecule has 3 aromatic rings. The Kier molecular flexibility index (Phi) is 18.8. The summed E-state index contributed by atoms with van der Waals surface area (Å²) in [6.07, 6.45) is 4.70. The zero-order valence-electron chi connectivity index (χ0n) is 41.5. The van der Waals surface area contributed by atoms with Crippen molar-refractivity contribution in [1.29, 1.82) is 0 Å². The first-order valence-electron chi connectivity index (χ1n) is 25.2. The maximum Gasteiger partial charge on any atom is 0.416 e. The first kappa shape index (κ1) is 54.2. The van der Waals surface area contributed by atoms with E-state index in [9.17, 15) is 42.3 Å². The van der Waals surface area contributed by atoms with E-state index in [1.807, 2.05) is 11.0 Å². The van der Waals surface area contributed by atoms with Gasteiger partial charge in [0.05, 0.1) is 68.1 Å². The van der Waals surface area contributed by atoms with Gasteiger partial charge in [-0.25, -0.2) is 9.97 Å². The van der Waals surface area contributed by atoms with Gasteiger partial charge in [0.25, 0.3) is 0 Å². The van der Waals surface area contributed by atoms with Gasteiger partial charge in [0.2, 0.25) is 29.5 Å². The number of ether oxygens (including phenoxy) is 2. The molecule has 1 aromatic carbocycles. The Hall–Kier alpha value is -5.55. The third-order valence-corrected chi connectivity index (χ3v) is 14.8. The van der Waals surface area contributed by atoms with Gasteiger partial charge in [0.15, 0.2) is 0 Å². The summed E-state index contributed by atoms with van der Waals surface area (Å²) < 4.78 is 51.9. The van der Waals surface area contributed by atoms with Gasteiger partial charge in [0, 0.05) is 67.8 Å². The monoisotopic (exact) mass is 1010 g/mol. The van der Waals surface area contributed by atoms with Crippen LogP contribution in [-0.2, 0) is 39.6 Å². The molecule has 394 valence electrons. The number of carbonyl (C=O) groups is 5. The molecule has 6 N–H and O–H groups in total. The molecule has 19 nitrogen and oxygen atoms in total. The SMILES string of the molecule is CC(C)N(C)[C@@H]1CC[C@H](N2CC[C@H](Nc3ncnc4ccc(C(F)(F)F)cc34)C2=O)[C@H](NC(=O)[C@H]2CC[C@@H](NC(=O)CCOCCOCCNC(=O)CNC(=O)[C@H]3CC(O)N(C)[C@@H]3c3cccnc3)CC2)C1. The Bertz CT molecular complexity index is 2320. The molecule has 0 radical (unpaired) electrons. The smallest absolute Gasteiger partial charge is 0.379 e. The van der Waals surface area contributed by atoms with Crippen LogP contribution in [0.2, 0.25) is 0 Å². The number of aliphatic hydroxyl groups excluding tert-OH is 1. The van der Waals surface area contributed by atoms with Crippen LogP contribution in [0.5, 0.6) is 0 Å². The van der Waals surface area contributed by atoms with Crippen LogP contribution in [0.3, 0.4) is 0 Å². The Balaban J connectivity index is 0.780. The van der Waals surface area contributed by atoms with Crippen molar-refractivity contribution in [3.63, 3.8) is 0 Å². The van der Waals surface area contributed by atoms with Crippen LogP contribution in [0.1, 0.15) is 95.2 Å². The van der Waals surface area contributed by atoms with Crippen molar-refractivity contribution in [3.8, 4) is 0 Å². The van der Waals surface area contributed by atoms with Crippen LogP contribution >= 0.6 is 0 Å². The van der Waals surface area contributed by atoms with Gasteiger partial charge < -0.3 is 51.0 Å². The molecule has 2 aliphatic carbocycles. The quantitative estimate of drug-likeness (QED) is 0.0843. The van der Waals surface area contributed by atoms with Gasteiger partial charge >= 0.3 is 6.18 Å². The number of carbonyl (C=O) groups excluding carboxylic acids is 5. The summed E-state index contributed by atoms with van der Waals surface area (Å²) in [6.45, 7) is 5.64. The van der Waals surface area contributed by atoms with E-state index in [1.165, 1.54) is 12.4 Å². The number of fused-ring (bicyclic) bond motifs is 1. The minimum absolute atomic E-state index is 0.0656. The molecule has 0 bridgehead atoms. The van der Waals surface area contributed by atoms with Crippen molar-refractivity contribution in [3.05, 3.63) is 60.2 Å². The topological polar surface area (TPSA) is 233 Å². The van der Waals surface area contributed by atoms with E-state index in [-0.39, 0.29) is 135 Å². The molecule has 22 heteroatoms. The van der Waals surface area contributed by atoms with Gasteiger partial charge in [0.1, 0.15) is 24.4 Å². The van der Waals surface area contributed by atoms with Gasteiger partial charge in [-0.2, -0.15) is 13.2 Å². The first-order valence-corrected chi connectivity index (χ1v) is 25.2. The number of alkyl halides is 3. The van der Waals surface area contributed by atoms with Crippen LogP contribution in [-0.4, -0.2) is 167 Å². The van der Waals surface area contributed by atoms with Crippen molar-refractivity contribution in [2.24, 2.45) is 11.8 Å². The number of likely N-dealkylation sites (tertiary alicyclic amines) is 2. The highest BCUT2D eigenvalue weighted by Crippen LogP contribution is 2.39. The van der Waals surface area contributed by atoms with Crippen molar-refractivity contribution in [2.45, 2.75) is 133 Å². The second-order valence-corrected chi connectivity index (χ2v) is 19.8.